The summed E-state index contributed by atoms with van der Waals surface area (Å²) in [5, 5.41) is 10.8. The van der Waals surface area contributed by atoms with E-state index in [-0.39, 0.29) is 16.8 Å². The Hall–Kier alpha value is -2.09. The number of hydrogen-bond acceptors (Lipinski definition) is 6. The fourth-order valence-electron chi connectivity index (χ4n) is 1.25. The third-order valence-corrected chi connectivity index (χ3v) is 2.91. The van der Waals surface area contributed by atoms with Gasteiger partial charge in [0, 0.05) is 5.69 Å². The fraction of sp³-hybridized carbons (Fsp3) is 0.182. The van der Waals surface area contributed by atoms with Gasteiger partial charge in [0.2, 0.25) is 11.8 Å². The minimum atomic E-state index is -0.450. The molecule has 0 aliphatic rings. The maximum absolute atomic E-state index is 12.7. The number of anilines is 1. The molecule has 0 bridgehead atoms. The summed E-state index contributed by atoms with van der Waals surface area (Å²) in [6.07, 6.45) is 0. The molecule has 0 aliphatic heterocycles. The van der Waals surface area contributed by atoms with Gasteiger partial charge in [0.1, 0.15) is 5.82 Å². The number of nitrogens with zero attached hydrogens (tertiary/aromatic N) is 2. The molecule has 0 spiro atoms. The molecule has 1 aromatic heterocycles. The van der Waals surface area contributed by atoms with Crippen molar-refractivity contribution in [2.24, 2.45) is 5.73 Å². The molecule has 0 aliphatic carbocycles. The summed E-state index contributed by atoms with van der Waals surface area (Å²) < 4.78 is 18.0. The third kappa shape index (κ3) is 4.25. The van der Waals surface area contributed by atoms with Gasteiger partial charge in [0.25, 0.3) is 5.22 Å². The van der Waals surface area contributed by atoms with E-state index >= 15 is 0 Å². The Morgan fingerprint density at radius 3 is 2.79 bits per heavy atom. The van der Waals surface area contributed by atoms with E-state index in [0.29, 0.717) is 12.4 Å². The minimum absolute atomic E-state index is 0.0903. The van der Waals surface area contributed by atoms with Gasteiger partial charge in [0.05, 0.1) is 12.3 Å². The van der Waals surface area contributed by atoms with Crippen molar-refractivity contribution >= 4 is 23.4 Å². The zero-order valence-corrected chi connectivity index (χ0v) is 10.6. The molecule has 0 unspecified atom stereocenters. The number of carbonyl (C=O) groups is 1. The lowest BCUT2D eigenvalue weighted by Crippen LogP contribution is -2.12. The summed E-state index contributed by atoms with van der Waals surface area (Å²) in [5.41, 5.74) is 5.74. The summed E-state index contributed by atoms with van der Waals surface area (Å²) in [6.45, 7) is 0.315. The zero-order chi connectivity index (χ0) is 13.7. The second-order valence-electron chi connectivity index (χ2n) is 3.58. The van der Waals surface area contributed by atoms with Gasteiger partial charge in [-0.15, -0.1) is 10.2 Å². The Kier molecular flexibility index (Phi) is 4.35. The van der Waals surface area contributed by atoms with Crippen molar-refractivity contribution < 1.29 is 13.6 Å². The highest BCUT2D eigenvalue weighted by Gasteiger charge is 2.07. The maximum Gasteiger partial charge on any atom is 0.277 e. The van der Waals surface area contributed by atoms with Crippen LogP contribution in [0.25, 0.3) is 0 Å². The van der Waals surface area contributed by atoms with E-state index < -0.39 is 5.91 Å². The SMILES string of the molecule is NC(=O)CSc1nnc(CNc2ccc(F)cc2)o1. The van der Waals surface area contributed by atoms with Crippen molar-refractivity contribution in [1.82, 2.24) is 10.2 Å². The molecule has 19 heavy (non-hydrogen) atoms. The number of primary amides is 1. The van der Waals surface area contributed by atoms with E-state index in [9.17, 15) is 9.18 Å². The van der Waals surface area contributed by atoms with E-state index in [1.807, 2.05) is 0 Å². The Bertz CT molecular complexity index is 558. The molecule has 1 aromatic carbocycles. The first-order valence-electron chi connectivity index (χ1n) is 5.36. The third-order valence-electron chi connectivity index (χ3n) is 2.07. The number of benzene rings is 1. The fourth-order valence-corrected chi connectivity index (χ4v) is 1.77. The monoisotopic (exact) mass is 282 g/mol. The second kappa shape index (κ2) is 6.19. The smallest absolute Gasteiger partial charge is 0.277 e. The molecule has 1 amide bonds. The van der Waals surface area contributed by atoms with E-state index in [0.717, 1.165) is 17.4 Å². The molecular formula is C11H11FN4O2S. The van der Waals surface area contributed by atoms with Crippen LogP contribution in [0.3, 0.4) is 0 Å². The van der Waals surface area contributed by atoms with Gasteiger partial charge in [-0.25, -0.2) is 4.39 Å². The Labute approximate surface area is 112 Å². The van der Waals surface area contributed by atoms with Gasteiger partial charge >= 0.3 is 0 Å². The Morgan fingerprint density at radius 1 is 1.37 bits per heavy atom. The molecule has 6 nitrogen and oxygen atoms in total. The van der Waals surface area contributed by atoms with E-state index in [2.05, 4.69) is 15.5 Å². The molecule has 0 fully saturated rings. The van der Waals surface area contributed by atoms with Crippen molar-refractivity contribution in [3.63, 3.8) is 0 Å². The topological polar surface area (TPSA) is 94.0 Å². The number of nitrogens with one attached hydrogen (secondary N) is 1. The largest absolute Gasteiger partial charge is 0.414 e. The van der Waals surface area contributed by atoms with Gasteiger partial charge in [-0.05, 0) is 24.3 Å². The van der Waals surface area contributed by atoms with E-state index in [4.69, 9.17) is 10.2 Å². The van der Waals surface area contributed by atoms with E-state index in [1.54, 1.807) is 12.1 Å². The molecule has 3 N–H and O–H groups in total. The summed E-state index contributed by atoms with van der Waals surface area (Å²) in [4.78, 5) is 10.6. The highest BCUT2D eigenvalue weighted by molar-refractivity contribution is 7.99. The Balaban J connectivity index is 1.86. The highest BCUT2D eigenvalue weighted by Crippen LogP contribution is 2.16. The summed E-state index contributed by atoms with van der Waals surface area (Å²) >= 11 is 1.08. The second-order valence-corrected chi connectivity index (χ2v) is 4.50. The van der Waals surface area contributed by atoms with Crippen LogP contribution in [0.4, 0.5) is 10.1 Å². The van der Waals surface area contributed by atoms with Crippen LogP contribution >= 0.6 is 11.8 Å². The van der Waals surface area contributed by atoms with Crippen LogP contribution in [0.15, 0.2) is 33.9 Å². The van der Waals surface area contributed by atoms with Crippen molar-refractivity contribution in [3.8, 4) is 0 Å². The predicted octanol–water partition coefficient (Wildman–Crippen LogP) is 1.40. The summed E-state index contributed by atoms with van der Waals surface area (Å²) in [6, 6.07) is 5.91. The molecule has 100 valence electrons. The number of aromatic nitrogens is 2. The van der Waals surface area contributed by atoms with Crippen LogP contribution < -0.4 is 11.1 Å². The Morgan fingerprint density at radius 2 is 2.11 bits per heavy atom. The lowest BCUT2D eigenvalue weighted by atomic mass is 10.3. The summed E-state index contributed by atoms with van der Waals surface area (Å²) in [7, 11) is 0. The number of carbonyl (C=O) groups excluding carboxylic acids is 1. The number of nitrogens with two attached hydrogens (primary N) is 1. The quantitative estimate of drug-likeness (QED) is 0.778. The van der Waals surface area contributed by atoms with Crippen LogP contribution in [0.1, 0.15) is 5.89 Å². The van der Waals surface area contributed by atoms with Crippen molar-refractivity contribution in [2.75, 3.05) is 11.1 Å². The van der Waals surface area contributed by atoms with Gasteiger partial charge in [0.15, 0.2) is 0 Å². The molecule has 2 rings (SSSR count). The van der Waals surface area contributed by atoms with Gasteiger partial charge in [-0.2, -0.15) is 0 Å². The number of rotatable bonds is 6. The van der Waals surface area contributed by atoms with Crippen molar-refractivity contribution in [2.45, 2.75) is 11.8 Å². The standard InChI is InChI=1S/C11H11FN4O2S/c12-7-1-3-8(4-2-7)14-5-10-15-16-11(18-10)19-6-9(13)17/h1-4,14H,5-6H2,(H2,13,17). The van der Waals surface area contributed by atoms with Crippen molar-refractivity contribution in [1.29, 1.82) is 0 Å². The zero-order valence-electron chi connectivity index (χ0n) is 9.80. The van der Waals surface area contributed by atoms with Crippen molar-refractivity contribution in [3.05, 3.63) is 36.0 Å². The van der Waals surface area contributed by atoms with Gasteiger partial charge in [-0.1, -0.05) is 11.8 Å². The summed E-state index contributed by atoms with van der Waals surface area (Å²) in [5.74, 6) is -0.286. The molecule has 2 aromatic rings. The first-order valence-corrected chi connectivity index (χ1v) is 6.35. The van der Waals surface area contributed by atoms with Crippen LogP contribution in [-0.4, -0.2) is 21.9 Å². The predicted molar refractivity (Wildman–Crippen MR) is 67.9 cm³/mol. The molecular weight excluding hydrogens is 271 g/mol. The maximum atomic E-state index is 12.7. The number of halogens is 1. The first kappa shape index (κ1) is 13.3. The van der Waals surface area contributed by atoms with Crippen LogP contribution in [-0.2, 0) is 11.3 Å². The van der Waals surface area contributed by atoms with Crippen LogP contribution in [0, 0.1) is 5.82 Å². The van der Waals surface area contributed by atoms with Gasteiger partial charge < -0.3 is 15.5 Å². The first-order chi connectivity index (χ1) is 9.13. The number of hydrogen-bond donors (Lipinski definition) is 2. The average molecular weight is 282 g/mol. The van der Waals surface area contributed by atoms with Crippen LogP contribution in [0.2, 0.25) is 0 Å². The van der Waals surface area contributed by atoms with E-state index in [1.165, 1.54) is 12.1 Å². The minimum Gasteiger partial charge on any atom is -0.414 e. The van der Waals surface area contributed by atoms with Gasteiger partial charge in [-0.3, -0.25) is 4.79 Å². The molecule has 0 saturated heterocycles. The average Bonchev–Trinajstić information content (AvgIpc) is 2.84. The lowest BCUT2D eigenvalue weighted by molar-refractivity contribution is -0.115. The molecule has 0 radical (unpaired) electrons. The number of amides is 1. The molecule has 0 saturated carbocycles. The molecule has 0 atom stereocenters. The molecule has 8 heteroatoms. The normalized spacial score (nSPS) is 10.4. The molecule has 1 heterocycles. The highest BCUT2D eigenvalue weighted by atomic mass is 32.2. The number of thioether (sulfide) groups is 1. The van der Waals surface area contributed by atoms with Crippen LogP contribution in [0.5, 0.6) is 0 Å². The lowest BCUT2D eigenvalue weighted by Gasteiger charge is -2.02.